The molecule has 1 atom stereocenters. The number of hydrogen-bond acceptors (Lipinski definition) is 3. The molecule has 0 saturated carbocycles. The molecule has 0 bridgehead atoms. The van der Waals surface area contributed by atoms with E-state index >= 15 is 0 Å². The quantitative estimate of drug-likeness (QED) is 0.925. The number of carbonyl (C=O) groups excluding carboxylic acids is 1. The number of hydrogen-bond donors (Lipinski definition) is 1. The number of likely N-dealkylation sites (N-methyl/N-ethyl adjacent to an activating group) is 1. The van der Waals surface area contributed by atoms with Crippen LogP contribution in [0.3, 0.4) is 0 Å². The topological polar surface area (TPSA) is 45.5 Å². The Morgan fingerprint density at radius 3 is 2.89 bits per heavy atom. The molecule has 100 valence electrons. The van der Waals surface area contributed by atoms with E-state index in [1.165, 1.54) is 4.90 Å². The number of furan rings is 1. The minimum absolute atomic E-state index is 0.258. The third kappa shape index (κ3) is 3.08. The zero-order valence-electron chi connectivity index (χ0n) is 9.75. The first-order valence-electron chi connectivity index (χ1n) is 5.48. The maximum atomic E-state index is 13.0. The van der Waals surface area contributed by atoms with E-state index in [-0.39, 0.29) is 12.5 Å². The van der Waals surface area contributed by atoms with E-state index in [2.05, 4.69) is 21.2 Å². The monoisotopic (exact) mass is 322 g/mol. The van der Waals surface area contributed by atoms with Crippen LogP contribution in [0.2, 0.25) is 0 Å². The Bertz CT molecular complexity index is 450. The predicted molar refractivity (Wildman–Crippen MR) is 64.2 cm³/mol. The molecule has 0 radical (unpaired) electrons. The summed E-state index contributed by atoms with van der Waals surface area (Å²) in [7, 11) is 1.57. The zero-order valence-corrected chi connectivity index (χ0v) is 11.3. The summed E-state index contributed by atoms with van der Waals surface area (Å²) in [4.78, 5) is 13.3. The molecule has 0 aliphatic carbocycles. The van der Waals surface area contributed by atoms with Crippen molar-refractivity contribution in [3.05, 3.63) is 22.6 Å². The van der Waals surface area contributed by atoms with Crippen molar-refractivity contribution in [1.29, 1.82) is 0 Å². The van der Waals surface area contributed by atoms with E-state index in [1.54, 1.807) is 19.2 Å². The highest BCUT2D eigenvalue weighted by Crippen LogP contribution is 2.26. The molecule has 1 aliphatic heterocycles. The van der Waals surface area contributed by atoms with Crippen molar-refractivity contribution in [1.82, 2.24) is 10.2 Å². The van der Waals surface area contributed by atoms with Crippen molar-refractivity contribution >= 4 is 21.8 Å². The lowest BCUT2D eigenvalue weighted by atomic mass is 10.1. The molecule has 1 N–H and O–H groups in total. The van der Waals surface area contributed by atoms with Gasteiger partial charge >= 0.3 is 0 Å². The van der Waals surface area contributed by atoms with Crippen molar-refractivity contribution in [3.63, 3.8) is 0 Å². The Hall–Kier alpha value is -0.950. The number of halogens is 3. The molecule has 7 heteroatoms. The fourth-order valence-corrected chi connectivity index (χ4v) is 2.24. The van der Waals surface area contributed by atoms with E-state index in [9.17, 15) is 13.6 Å². The van der Waals surface area contributed by atoms with Gasteiger partial charge in [-0.05, 0) is 28.1 Å². The van der Waals surface area contributed by atoms with Gasteiger partial charge in [-0.2, -0.15) is 0 Å². The lowest BCUT2D eigenvalue weighted by molar-refractivity contribution is -0.133. The molecule has 2 rings (SSSR count). The molecule has 18 heavy (non-hydrogen) atoms. The van der Waals surface area contributed by atoms with Crippen LogP contribution in [0.15, 0.2) is 21.2 Å². The van der Waals surface area contributed by atoms with Gasteiger partial charge in [0.25, 0.3) is 5.92 Å². The lowest BCUT2D eigenvalue weighted by Gasteiger charge is -2.19. The maximum Gasteiger partial charge on any atom is 0.262 e. The van der Waals surface area contributed by atoms with E-state index in [1.807, 2.05) is 0 Å². The van der Waals surface area contributed by atoms with Crippen LogP contribution in [0.4, 0.5) is 8.78 Å². The highest BCUT2D eigenvalue weighted by atomic mass is 79.9. The summed E-state index contributed by atoms with van der Waals surface area (Å²) in [5.41, 5.74) is 0. The number of nitrogens with one attached hydrogen (secondary N) is 1. The third-order valence-corrected chi connectivity index (χ3v) is 3.23. The fourth-order valence-electron chi connectivity index (χ4n) is 1.90. The number of nitrogens with zero attached hydrogens (tertiary/aromatic N) is 1. The van der Waals surface area contributed by atoms with Gasteiger partial charge in [0.15, 0.2) is 4.67 Å². The molecular formula is C11H13BrF2N2O2. The molecule has 1 amide bonds. The second-order valence-electron chi connectivity index (χ2n) is 4.39. The lowest BCUT2D eigenvalue weighted by Crippen LogP contribution is -2.41. The van der Waals surface area contributed by atoms with Gasteiger partial charge in [-0.15, -0.1) is 0 Å². The molecule has 4 nitrogen and oxygen atoms in total. The SMILES string of the molecule is CN(Cc1ccc(Br)o1)C(=O)C1CC(F)(F)CN1. The Kier molecular flexibility index (Phi) is 3.72. The molecule has 1 aromatic rings. The minimum Gasteiger partial charge on any atom is -0.452 e. The van der Waals surface area contributed by atoms with E-state index in [4.69, 9.17) is 4.42 Å². The van der Waals surface area contributed by atoms with Crippen LogP contribution in [0.5, 0.6) is 0 Å². The van der Waals surface area contributed by atoms with Crippen LogP contribution in [0, 0.1) is 0 Å². The number of amides is 1. The Morgan fingerprint density at radius 2 is 2.39 bits per heavy atom. The largest absolute Gasteiger partial charge is 0.452 e. The summed E-state index contributed by atoms with van der Waals surface area (Å²) in [6.45, 7) is -0.183. The third-order valence-electron chi connectivity index (χ3n) is 2.81. The molecule has 0 aromatic carbocycles. The molecule has 1 aliphatic rings. The Morgan fingerprint density at radius 1 is 1.67 bits per heavy atom. The second-order valence-corrected chi connectivity index (χ2v) is 5.18. The Labute approximate surface area is 111 Å². The van der Waals surface area contributed by atoms with E-state index < -0.39 is 24.9 Å². The molecule has 2 heterocycles. The highest BCUT2D eigenvalue weighted by molar-refractivity contribution is 9.10. The van der Waals surface area contributed by atoms with E-state index in [0.717, 1.165) is 0 Å². The number of alkyl halides is 2. The van der Waals surface area contributed by atoms with Crippen LogP contribution in [0.1, 0.15) is 12.2 Å². The average molecular weight is 323 g/mol. The molecule has 1 unspecified atom stereocenters. The van der Waals surface area contributed by atoms with Gasteiger partial charge in [-0.1, -0.05) is 0 Å². The summed E-state index contributed by atoms with van der Waals surface area (Å²) in [5.74, 6) is -2.54. The van der Waals surface area contributed by atoms with Crippen molar-refractivity contribution in [2.75, 3.05) is 13.6 Å². The first-order chi connectivity index (χ1) is 8.37. The number of rotatable bonds is 3. The summed E-state index contributed by atoms with van der Waals surface area (Å²) < 4.78 is 31.8. The molecule has 1 aromatic heterocycles. The van der Waals surface area contributed by atoms with Crippen LogP contribution < -0.4 is 5.32 Å². The summed E-state index contributed by atoms with van der Waals surface area (Å²) in [5, 5.41) is 2.54. The van der Waals surface area contributed by atoms with Crippen molar-refractivity contribution in [3.8, 4) is 0 Å². The van der Waals surface area contributed by atoms with Gasteiger partial charge < -0.3 is 9.32 Å². The molecule has 1 saturated heterocycles. The van der Waals surface area contributed by atoms with Gasteiger partial charge in [-0.3, -0.25) is 10.1 Å². The summed E-state index contributed by atoms with van der Waals surface area (Å²) in [6, 6.07) is 2.63. The fraction of sp³-hybridized carbons (Fsp3) is 0.545. The summed E-state index contributed by atoms with van der Waals surface area (Å²) >= 11 is 3.16. The van der Waals surface area contributed by atoms with Crippen molar-refractivity contribution < 1.29 is 18.0 Å². The van der Waals surface area contributed by atoms with Crippen LogP contribution >= 0.6 is 15.9 Å². The van der Waals surface area contributed by atoms with Gasteiger partial charge in [0.2, 0.25) is 5.91 Å². The molecular weight excluding hydrogens is 310 g/mol. The predicted octanol–water partition coefficient (Wildman–Crippen LogP) is 2.00. The van der Waals surface area contributed by atoms with Crippen molar-refractivity contribution in [2.45, 2.75) is 24.9 Å². The van der Waals surface area contributed by atoms with Gasteiger partial charge in [0.05, 0.1) is 19.1 Å². The maximum absolute atomic E-state index is 13.0. The first-order valence-corrected chi connectivity index (χ1v) is 6.27. The smallest absolute Gasteiger partial charge is 0.262 e. The average Bonchev–Trinajstić information content (AvgIpc) is 2.83. The first kappa shape index (κ1) is 13.5. The van der Waals surface area contributed by atoms with E-state index in [0.29, 0.717) is 10.4 Å². The Balaban J connectivity index is 1.93. The van der Waals surface area contributed by atoms with Crippen LogP contribution in [0.25, 0.3) is 0 Å². The highest BCUT2D eigenvalue weighted by Gasteiger charge is 2.43. The summed E-state index contributed by atoms with van der Waals surface area (Å²) in [6.07, 6.45) is -0.446. The standard InChI is InChI=1S/C11H13BrF2N2O2/c1-16(5-7-2-3-9(12)18-7)10(17)8-4-11(13,14)6-15-8/h2-3,8,15H,4-6H2,1H3. The van der Waals surface area contributed by atoms with Crippen molar-refractivity contribution in [2.24, 2.45) is 0 Å². The van der Waals surface area contributed by atoms with Gasteiger partial charge in [-0.25, -0.2) is 8.78 Å². The molecule has 1 fully saturated rings. The van der Waals surface area contributed by atoms with Crippen LogP contribution in [-0.2, 0) is 11.3 Å². The van der Waals surface area contributed by atoms with Crippen LogP contribution in [-0.4, -0.2) is 36.4 Å². The normalized spacial score (nSPS) is 22.1. The minimum atomic E-state index is -2.80. The zero-order chi connectivity index (χ0) is 13.3. The van der Waals surface area contributed by atoms with Gasteiger partial charge in [0, 0.05) is 13.5 Å². The second kappa shape index (κ2) is 4.97. The van der Waals surface area contributed by atoms with Gasteiger partial charge in [0.1, 0.15) is 5.76 Å². The number of carbonyl (C=O) groups is 1. The molecule has 0 spiro atoms.